The molecule has 2 rings (SSSR count). The largest absolute Gasteiger partial charge is 0.314 e. The molecule has 0 amide bonds. The maximum atomic E-state index is 4.83. The Labute approximate surface area is 117 Å². The predicted molar refractivity (Wildman–Crippen MR) is 80.8 cm³/mol. The molecular weight excluding hydrogens is 234 g/mol. The van der Waals surface area contributed by atoms with Crippen LogP contribution in [0.1, 0.15) is 75.4 Å². The zero-order valence-electron chi connectivity index (χ0n) is 13.2. The molecule has 0 aliphatic heterocycles. The van der Waals surface area contributed by atoms with Crippen LogP contribution in [0.5, 0.6) is 0 Å². The second-order valence-corrected chi connectivity index (χ2v) is 6.43. The molecule has 1 aliphatic rings. The molecule has 0 bridgehead atoms. The minimum Gasteiger partial charge on any atom is -0.314 e. The summed E-state index contributed by atoms with van der Waals surface area (Å²) in [6, 6.07) is 1.20. The lowest BCUT2D eigenvalue weighted by Gasteiger charge is -2.17. The molecule has 19 heavy (non-hydrogen) atoms. The lowest BCUT2D eigenvalue weighted by molar-refractivity contribution is 0.453. The van der Waals surface area contributed by atoms with E-state index in [0.29, 0.717) is 18.0 Å². The SMILES string of the molecule is Cc1nn(C2CCCC2)c(C)c1C(C)CNC(C)C. The predicted octanol–water partition coefficient (Wildman–Crippen LogP) is 3.72. The number of nitrogens with one attached hydrogen (secondary N) is 1. The molecule has 0 aromatic carbocycles. The van der Waals surface area contributed by atoms with E-state index in [2.05, 4.69) is 44.6 Å². The number of hydrogen-bond acceptors (Lipinski definition) is 2. The van der Waals surface area contributed by atoms with Gasteiger partial charge < -0.3 is 5.32 Å². The molecule has 3 heteroatoms. The second kappa shape index (κ2) is 6.08. The summed E-state index contributed by atoms with van der Waals surface area (Å²) in [7, 11) is 0. The highest BCUT2D eigenvalue weighted by Crippen LogP contribution is 2.33. The van der Waals surface area contributed by atoms with Crippen LogP contribution in [-0.4, -0.2) is 22.4 Å². The second-order valence-electron chi connectivity index (χ2n) is 6.43. The van der Waals surface area contributed by atoms with Crippen LogP contribution >= 0.6 is 0 Å². The highest BCUT2D eigenvalue weighted by molar-refractivity contribution is 5.29. The van der Waals surface area contributed by atoms with E-state index in [1.54, 1.807) is 0 Å². The van der Waals surface area contributed by atoms with Crippen LogP contribution in [0.4, 0.5) is 0 Å². The Kier molecular flexibility index (Phi) is 4.67. The van der Waals surface area contributed by atoms with E-state index < -0.39 is 0 Å². The first kappa shape index (κ1) is 14.6. The number of aromatic nitrogens is 2. The van der Waals surface area contributed by atoms with Crippen molar-refractivity contribution in [1.29, 1.82) is 0 Å². The van der Waals surface area contributed by atoms with Gasteiger partial charge in [0.1, 0.15) is 0 Å². The average Bonchev–Trinajstić information content (AvgIpc) is 2.94. The molecule has 1 atom stereocenters. The van der Waals surface area contributed by atoms with Crippen LogP contribution in [0.25, 0.3) is 0 Å². The molecule has 1 aliphatic carbocycles. The van der Waals surface area contributed by atoms with Crippen molar-refractivity contribution in [1.82, 2.24) is 15.1 Å². The fourth-order valence-corrected chi connectivity index (χ4v) is 3.41. The summed E-state index contributed by atoms with van der Waals surface area (Å²) in [6.07, 6.45) is 5.34. The molecular formula is C16H29N3. The molecule has 1 fully saturated rings. The maximum absolute atomic E-state index is 4.83. The van der Waals surface area contributed by atoms with Gasteiger partial charge in [0, 0.05) is 23.8 Å². The van der Waals surface area contributed by atoms with Crippen molar-refractivity contribution in [3.8, 4) is 0 Å². The summed E-state index contributed by atoms with van der Waals surface area (Å²) in [4.78, 5) is 0. The molecule has 1 aromatic heterocycles. The van der Waals surface area contributed by atoms with Gasteiger partial charge in [-0.2, -0.15) is 5.10 Å². The van der Waals surface area contributed by atoms with Gasteiger partial charge >= 0.3 is 0 Å². The highest BCUT2D eigenvalue weighted by atomic mass is 15.3. The lowest BCUT2D eigenvalue weighted by atomic mass is 9.98. The maximum Gasteiger partial charge on any atom is 0.0631 e. The van der Waals surface area contributed by atoms with E-state index in [4.69, 9.17) is 5.10 Å². The monoisotopic (exact) mass is 263 g/mol. The van der Waals surface area contributed by atoms with Crippen LogP contribution < -0.4 is 5.32 Å². The summed E-state index contributed by atoms with van der Waals surface area (Å²) in [5.74, 6) is 0.539. The minimum atomic E-state index is 0.539. The van der Waals surface area contributed by atoms with Crippen LogP contribution in [-0.2, 0) is 0 Å². The summed E-state index contributed by atoms with van der Waals surface area (Å²) >= 11 is 0. The molecule has 1 heterocycles. The standard InChI is InChI=1S/C16H29N3/c1-11(2)17-10-12(3)16-13(4)18-19(14(16)5)15-8-6-7-9-15/h11-12,15,17H,6-10H2,1-5H3. The smallest absolute Gasteiger partial charge is 0.0631 e. The molecule has 0 radical (unpaired) electrons. The van der Waals surface area contributed by atoms with Crippen LogP contribution in [0, 0.1) is 13.8 Å². The van der Waals surface area contributed by atoms with E-state index >= 15 is 0 Å². The van der Waals surface area contributed by atoms with Crippen LogP contribution in [0.2, 0.25) is 0 Å². The first-order valence-corrected chi connectivity index (χ1v) is 7.79. The molecule has 108 valence electrons. The summed E-state index contributed by atoms with van der Waals surface area (Å²) < 4.78 is 2.31. The molecule has 1 N–H and O–H groups in total. The summed E-state index contributed by atoms with van der Waals surface area (Å²) in [6.45, 7) is 12.2. The van der Waals surface area contributed by atoms with Crippen molar-refractivity contribution in [3.05, 3.63) is 17.0 Å². The lowest BCUT2D eigenvalue weighted by Crippen LogP contribution is -2.27. The number of hydrogen-bond donors (Lipinski definition) is 1. The molecule has 0 spiro atoms. The van der Waals surface area contributed by atoms with Crippen molar-refractivity contribution in [3.63, 3.8) is 0 Å². The first-order chi connectivity index (χ1) is 9.00. The normalized spacial score (nSPS) is 18.4. The molecule has 1 unspecified atom stereocenters. The van der Waals surface area contributed by atoms with E-state index in [9.17, 15) is 0 Å². The first-order valence-electron chi connectivity index (χ1n) is 7.79. The van der Waals surface area contributed by atoms with Gasteiger partial charge in [0.2, 0.25) is 0 Å². The van der Waals surface area contributed by atoms with Crippen molar-refractivity contribution in [2.75, 3.05) is 6.54 Å². The molecule has 0 saturated heterocycles. The zero-order valence-corrected chi connectivity index (χ0v) is 13.2. The third kappa shape index (κ3) is 3.19. The Bertz CT molecular complexity index is 414. The molecule has 3 nitrogen and oxygen atoms in total. The van der Waals surface area contributed by atoms with E-state index in [-0.39, 0.29) is 0 Å². The topological polar surface area (TPSA) is 29.9 Å². The Balaban J connectivity index is 2.16. The molecule has 1 saturated carbocycles. The van der Waals surface area contributed by atoms with Crippen molar-refractivity contribution >= 4 is 0 Å². The Hall–Kier alpha value is -0.830. The summed E-state index contributed by atoms with van der Waals surface area (Å²) in [5.41, 5.74) is 4.07. The number of nitrogens with zero attached hydrogens (tertiary/aromatic N) is 2. The van der Waals surface area contributed by atoms with Gasteiger partial charge in [0.05, 0.1) is 11.7 Å². The van der Waals surface area contributed by atoms with Crippen molar-refractivity contribution in [2.45, 2.75) is 78.3 Å². The van der Waals surface area contributed by atoms with Gasteiger partial charge in [-0.3, -0.25) is 4.68 Å². The fourth-order valence-electron chi connectivity index (χ4n) is 3.41. The Morgan fingerprint density at radius 2 is 1.84 bits per heavy atom. The Morgan fingerprint density at radius 1 is 1.21 bits per heavy atom. The van der Waals surface area contributed by atoms with Gasteiger partial charge in [-0.1, -0.05) is 33.6 Å². The van der Waals surface area contributed by atoms with Gasteiger partial charge in [-0.05, 0) is 32.6 Å². The van der Waals surface area contributed by atoms with E-state index in [1.807, 2.05) is 0 Å². The van der Waals surface area contributed by atoms with Gasteiger partial charge in [-0.25, -0.2) is 0 Å². The summed E-state index contributed by atoms with van der Waals surface area (Å²) in [5, 5.41) is 8.37. The highest BCUT2D eigenvalue weighted by Gasteiger charge is 2.24. The zero-order chi connectivity index (χ0) is 14.0. The average molecular weight is 263 g/mol. The van der Waals surface area contributed by atoms with Crippen molar-refractivity contribution in [2.24, 2.45) is 0 Å². The Morgan fingerprint density at radius 3 is 2.42 bits per heavy atom. The van der Waals surface area contributed by atoms with Crippen LogP contribution in [0.15, 0.2) is 0 Å². The van der Waals surface area contributed by atoms with E-state index in [0.717, 1.165) is 6.54 Å². The third-order valence-electron chi connectivity index (χ3n) is 4.38. The fraction of sp³-hybridized carbons (Fsp3) is 0.812. The van der Waals surface area contributed by atoms with Gasteiger partial charge in [0.15, 0.2) is 0 Å². The minimum absolute atomic E-state index is 0.539. The number of rotatable bonds is 5. The quantitative estimate of drug-likeness (QED) is 0.877. The number of aryl methyl sites for hydroxylation is 1. The van der Waals surface area contributed by atoms with Gasteiger partial charge in [-0.15, -0.1) is 0 Å². The molecule has 1 aromatic rings. The third-order valence-corrected chi connectivity index (χ3v) is 4.38. The van der Waals surface area contributed by atoms with Crippen molar-refractivity contribution < 1.29 is 0 Å². The van der Waals surface area contributed by atoms with E-state index in [1.165, 1.54) is 42.6 Å². The van der Waals surface area contributed by atoms with Crippen LogP contribution in [0.3, 0.4) is 0 Å². The van der Waals surface area contributed by atoms with Gasteiger partial charge in [0.25, 0.3) is 0 Å².